The lowest BCUT2D eigenvalue weighted by Gasteiger charge is -2.23. The highest BCUT2D eigenvalue weighted by atomic mass is 79.9. The Balaban J connectivity index is 2.29. The third-order valence-electron chi connectivity index (χ3n) is 3.02. The summed E-state index contributed by atoms with van der Waals surface area (Å²) >= 11 is 3.29. The molecule has 1 aliphatic rings. The van der Waals surface area contributed by atoms with Gasteiger partial charge in [-0.1, -0.05) is 22.0 Å². The van der Waals surface area contributed by atoms with Crippen molar-refractivity contribution < 1.29 is 8.42 Å². The molecule has 0 bridgehead atoms. The van der Waals surface area contributed by atoms with Crippen LogP contribution < -0.4 is 5.32 Å². The van der Waals surface area contributed by atoms with Crippen molar-refractivity contribution in [3.8, 4) is 0 Å². The number of hydrogen-bond donors (Lipinski definition) is 1. The quantitative estimate of drug-likeness (QED) is 0.917. The third kappa shape index (κ3) is 2.70. The van der Waals surface area contributed by atoms with Gasteiger partial charge in [0, 0.05) is 24.1 Å². The van der Waals surface area contributed by atoms with Crippen molar-refractivity contribution in [3.63, 3.8) is 0 Å². The summed E-state index contributed by atoms with van der Waals surface area (Å²) in [6.07, 6.45) is 0.865. The number of sulfonamides is 1. The maximum Gasteiger partial charge on any atom is 0.243 e. The fourth-order valence-corrected chi connectivity index (χ4v) is 3.92. The number of halogens is 1. The smallest absolute Gasteiger partial charge is 0.243 e. The lowest BCUT2D eigenvalue weighted by Crippen LogP contribution is -2.38. The first-order chi connectivity index (χ1) is 8.01. The van der Waals surface area contributed by atoms with Gasteiger partial charge in [-0.2, -0.15) is 4.31 Å². The maximum absolute atomic E-state index is 12.3. The van der Waals surface area contributed by atoms with E-state index in [0.717, 1.165) is 24.0 Å². The van der Waals surface area contributed by atoms with Gasteiger partial charge < -0.3 is 5.32 Å². The fraction of sp³-hybridized carbons (Fsp3) is 0.455. The predicted molar refractivity (Wildman–Crippen MR) is 70.4 cm³/mol. The first kappa shape index (κ1) is 13.0. The Morgan fingerprint density at radius 2 is 2.24 bits per heavy atom. The van der Waals surface area contributed by atoms with Gasteiger partial charge in [0.2, 0.25) is 10.0 Å². The van der Waals surface area contributed by atoms with Crippen LogP contribution >= 0.6 is 15.9 Å². The number of rotatable bonds is 3. The zero-order valence-electron chi connectivity index (χ0n) is 9.56. The van der Waals surface area contributed by atoms with Crippen LogP contribution in [0.1, 0.15) is 6.42 Å². The Bertz CT molecular complexity index is 498. The summed E-state index contributed by atoms with van der Waals surface area (Å²) in [5.41, 5.74) is 0. The largest absolute Gasteiger partial charge is 0.315 e. The summed E-state index contributed by atoms with van der Waals surface area (Å²) in [6.45, 7) is 1.60. The molecule has 0 amide bonds. The average molecular weight is 319 g/mol. The third-order valence-corrected chi connectivity index (χ3v) is 5.42. The van der Waals surface area contributed by atoms with Gasteiger partial charge in [-0.05, 0) is 31.2 Å². The van der Waals surface area contributed by atoms with Crippen LogP contribution in [0, 0.1) is 0 Å². The Kier molecular flexibility index (Phi) is 3.87. The lowest BCUT2D eigenvalue weighted by atomic mass is 10.3. The minimum Gasteiger partial charge on any atom is -0.315 e. The van der Waals surface area contributed by atoms with Crippen LogP contribution in [0.3, 0.4) is 0 Å². The van der Waals surface area contributed by atoms with Crippen LogP contribution in [0.2, 0.25) is 0 Å². The molecule has 4 nitrogen and oxygen atoms in total. The summed E-state index contributed by atoms with van der Waals surface area (Å²) in [5.74, 6) is 0. The van der Waals surface area contributed by atoms with Crippen LogP contribution in [-0.2, 0) is 10.0 Å². The van der Waals surface area contributed by atoms with Crippen molar-refractivity contribution in [2.45, 2.75) is 17.4 Å². The summed E-state index contributed by atoms with van der Waals surface area (Å²) < 4.78 is 26.9. The summed E-state index contributed by atoms with van der Waals surface area (Å²) in [5, 5.41) is 3.17. The van der Waals surface area contributed by atoms with Crippen LogP contribution in [0.4, 0.5) is 0 Å². The van der Waals surface area contributed by atoms with Gasteiger partial charge in [0.15, 0.2) is 0 Å². The summed E-state index contributed by atoms with van der Waals surface area (Å²) in [6, 6.07) is 6.86. The number of nitrogens with one attached hydrogen (secondary N) is 1. The highest BCUT2D eigenvalue weighted by molar-refractivity contribution is 9.10. The SMILES string of the molecule is CN(C1CCNC1)S(=O)(=O)c1cccc(Br)c1. The molecule has 1 fully saturated rings. The Labute approximate surface area is 110 Å². The van der Waals surface area contributed by atoms with Crippen LogP contribution in [0.5, 0.6) is 0 Å². The van der Waals surface area contributed by atoms with Crippen LogP contribution in [0.15, 0.2) is 33.6 Å². The monoisotopic (exact) mass is 318 g/mol. The minimum atomic E-state index is -3.38. The summed E-state index contributed by atoms with van der Waals surface area (Å²) in [4.78, 5) is 0.335. The van der Waals surface area contributed by atoms with Gasteiger partial charge in [0.25, 0.3) is 0 Å². The molecular weight excluding hydrogens is 304 g/mol. The zero-order chi connectivity index (χ0) is 12.5. The molecule has 1 aliphatic heterocycles. The van der Waals surface area contributed by atoms with Crippen molar-refractivity contribution in [3.05, 3.63) is 28.7 Å². The lowest BCUT2D eigenvalue weighted by molar-refractivity contribution is 0.387. The molecule has 1 aromatic carbocycles. The second-order valence-corrected chi connectivity index (χ2v) is 7.04. The molecule has 1 atom stereocenters. The molecule has 1 heterocycles. The number of nitrogens with zero attached hydrogens (tertiary/aromatic N) is 1. The van der Waals surface area contributed by atoms with E-state index in [1.807, 2.05) is 6.07 Å². The van der Waals surface area contributed by atoms with Gasteiger partial charge in [-0.25, -0.2) is 8.42 Å². The van der Waals surface area contributed by atoms with Crippen molar-refractivity contribution in [1.29, 1.82) is 0 Å². The normalized spacial score (nSPS) is 21.0. The first-order valence-corrected chi connectivity index (χ1v) is 7.69. The molecule has 1 aromatic rings. The first-order valence-electron chi connectivity index (χ1n) is 5.46. The topological polar surface area (TPSA) is 49.4 Å². The second-order valence-electron chi connectivity index (χ2n) is 4.13. The van der Waals surface area contributed by atoms with Crippen molar-refractivity contribution in [2.24, 2.45) is 0 Å². The molecule has 2 rings (SSSR count). The van der Waals surface area contributed by atoms with Crippen molar-refractivity contribution in [2.75, 3.05) is 20.1 Å². The van der Waals surface area contributed by atoms with Crippen LogP contribution in [0.25, 0.3) is 0 Å². The van der Waals surface area contributed by atoms with Gasteiger partial charge >= 0.3 is 0 Å². The molecule has 0 aromatic heterocycles. The van der Waals surface area contributed by atoms with Crippen molar-refractivity contribution in [1.82, 2.24) is 9.62 Å². The Morgan fingerprint density at radius 1 is 1.47 bits per heavy atom. The standard InChI is InChI=1S/C11H15BrN2O2S/c1-14(10-5-6-13-8-10)17(15,16)11-4-2-3-9(12)7-11/h2-4,7,10,13H,5-6,8H2,1H3. The second kappa shape index (κ2) is 5.06. The predicted octanol–water partition coefficient (Wildman–Crippen LogP) is 1.43. The maximum atomic E-state index is 12.3. The number of benzene rings is 1. The van der Waals surface area contributed by atoms with E-state index in [2.05, 4.69) is 21.2 Å². The van der Waals surface area contributed by atoms with E-state index in [4.69, 9.17) is 0 Å². The fourth-order valence-electron chi connectivity index (χ4n) is 1.94. The molecule has 0 saturated carbocycles. The average Bonchev–Trinajstić information content (AvgIpc) is 2.81. The van der Waals surface area contributed by atoms with Crippen molar-refractivity contribution >= 4 is 26.0 Å². The van der Waals surface area contributed by atoms with Gasteiger partial charge in [0.05, 0.1) is 4.90 Å². The van der Waals surface area contributed by atoms with E-state index in [-0.39, 0.29) is 6.04 Å². The number of likely N-dealkylation sites (N-methyl/N-ethyl adjacent to an activating group) is 1. The van der Waals surface area contributed by atoms with E-state index >= 15 is 0 Å². The van der Waals surface area contributed by atoms with E-state index in [0.29, 0.717) is 4.90 Å². The molecule has 1 unspecified atom stereocenters. The van der Waals surface area contributed by atoms with E-state index in [1.165, 1.54) is 4.31 Å². The van der Waals surface area contributed by atoms with E-state index < -0.39 is 10.0 Å². The highest BCUT2D eigenvalue weighted by Crippen LogP contribution is 2.22. The molecule has 0 aliphatic carbocycles. The van der Waals surface area contributed by atoms with E-state index in [1.54, 1.807) is 25.2 Å². The molecule has 17 heavy (non-hydrogen) atoms. The molecule has 94 valence electrons. The van der Waals surface area contributed by atoms with Gasteiger partial charge in [-0.15, -0.1) is 0 Å². The van der Waals surface area contributed by atoms with Gasteiger partial charge in [-0.3, -0.25) is 0 Å². The van der Waals surface area contributed by atoms with E-state index in [9.17, 15) is 8.42 Å². The molecule has 0 spiro atoms. The van der Waals surface area contributed by atoms with Crippen LogP contribution in [-0.4, -0.2) is 38.9 Å². The molecule has 0 radical (unpaired) electrons. The molecule has 6 heteroatoms. The number of hydrogen-bond acceptors (Lipinski definition) is 3. The molecular formula is C11H15BrN2O2S. The highest BCUT2D eigenvalue weighted by Gasteiger charge is 2.29. The summed E-state index contributed by atoms with van der Waals surface area (Å²) in [7, 11) is -1.73. The Hall–Kier alpha value is -0.430. The molecule has 1 N–H and O–H groups in total. The van der Waals surface area contributed by atoms with Gasteiger partial charge in [0.1, 0.15) is 0 Å². The zero-order valence-corrected chi connectivity index (χ0v) is 12.0. The minimum absolute atomic E-state index is 0.0546. The Morgan fingerprint density at radius 3 is 2.82 bits per heavy atom. The molecule has 1 saturated heterocycles.